The fraction of sp³-hybridized carbons (Fsp3) is 0.379. The highest BCUT2D eigenvalue weighted by Gasteiger charge is 2.33. The zero-order chi connectivity index (χ0) is 26.0. The van der Waals surface area contributed by atoms with Gasteiger partial charge in [0.15, 0.2) is 11.5 Å². The number of rotatable bonds is 10. The molecule has 0 unspecified atom stereocenters. The zero-order valence-electron chi connectivity index (χ0n) is 21.4. The van der Waals surface area contributed by atoms with E-state index < -0.39 is 6.04 Å². The Labute approximate surface area is 218 Å². The van der Waals surface area contributed by atoms with E-state index in [-0.39, 0.29) is 23.6 Å². The summed E-state index contributed by atoms with van der Waals surface area (Å²) < 4.78 is 10.8. The summed E-state index contributed by atoms with van der Waals surface area (Å²) in [6.07, 6.45) is 10.3. The maximum atomic E-state index is 13.8. The largest absolute Gasteiger partial charge is 0.493 e. The second-order valence-electron chi connectivity index (χ2n) is 9.19. The van der Waals surface area contributed by atoms with E-state index in [4.69, 9.17) is 9.47 Å². The lowest BCUT2D eigenvalue weighted by atomic mass is 9.94. The van der Waals surface area contributed by atoms with Gasteiger partial charge in [0.1, 0.15) is 11.7 Å². The lowest BCUT2D eigenvalue weighted by Crippen LogP contribution is -2.47. The molecule has 0 spiro atoms. The lowest BCUT2D eigenvalue weighted by molar-refractivity contribution is -0.126. The van der Waals surface area contributed by atoms with Crippen LogP contribution in [0.15, 0.2) is 67.1 Å². The third-order valence-corrected chi connectivity index (χ3v) is 6.76. The van der Waals surface area contributed by atoms with Crippen molar-refractivity contribution >= 4 is 11.8 Å². The van der Waals surface area contributed by atoms with Crippen LogP contribution in [0.5, 0.6) is 11.5 Å². The van der Waals surface area contributed by atoms with Crippen LogP contribution in [0.2, 0.25) is 0 Å². The van der Waals surface area contributed by atoms with Crippen LogP contribution < -0.4 is 14.8 Å². The second-order valence-corrected chi connectivity index (χ2v) is 9.19. The van der Waals surface area contributed by atoms with E-state index in [1.54, 1.807) is 19.1 Å². The molecule has 2 amide bonds. The Balaban J connectivity index is 1.67. The van der Waals surface area contributed by atoms with Crippen LogP contribution in [0.1, 0.15) is 59.8 Å². The normalized spacial score (nSPS) is 14.4. The van der Waals surface area contributed by atoms with E-state index in [1.807, 2.05) is 48.5 Å². The van der Waals surface area contributed by atoms with Crippen LogP contribution >= 0.6 is 0 Å². The maximum Gasteiger partial charge on any atom is 0.275 e. The van der Waals surface area contributed by atoms with Crippen LogP contribution in [-0.2, 0) is 11.2 Å². The van der Waals surface area contributed by atoms with Crippen molar-refractivity contribution in [2.24, 2.45) is 0 Å². The van der Waals surface area contributed by atoms with Gasteiger partial charge in [-0.05, 0) is 42.5 Å². The molecule has 0 radical (unpaired) electrons. The Bertz CT molecular complexity index is 1170. The van der Waals surface area contributed by atoms with Crippen molar-refractivity contribution in [2.75, 3.05) is 20.8 Å². The standard InChI is InChI=1S/C29H34N4O4/c1-36-25-14-13-21(19-26(25)37-2)15-18-33(29(35)24-20-30-16-17-31-24)27(22-9-5-3-6-10-22)28(34)32-23-11-7-4-8-12-23/h3,5-6,9-10,13-14,16-17,19-20,23,27H,4,7-8,11-12,15,18H2,1-2H3,(H,32,34)/t27-/m1/s1. The molecule has 4 rings (SSSR count). The molecular formula is C29H34N4O4. The molecule has 1 heterocycles. The van der Waals surface area contributed by atoms with Crippen LogP contribution in [0.3, 0.4) is 0 Å². The lowest BCUT2D eigenvalue weighted by Gasteiger charge is -2.33. The Morgan fingerprint density at radius 2 is 1.76 bits per heavy atom. The monoisotopic (exact) mass is 502 g/mol. The molecule has 8 heteroatoms. The van der Waals surface area contributed by atoms with Crippen LogP contribution in [0, 0.1) is 0 Å². The first kappa shape index (κ1) is 26.1. The van der Waals surface area contributed by atoms with E-state index in [0.29, 0.717) is 24.5 Å². The molecule has 2 aromatic carbocycles. The predicted molar refractivity (Wildman–Crippen MR) is 141 cm³/mol. The number of amides is 2. The van der Waals surface area contributed by atoms with Gasteiger partial charge in [-0.1, -0.05) is 55.7 Å². The van der Waals surface area contributed by atoms with Crippen molar-refractivity contribution in [3.63, 3.8) is 0 Å². The first-order valence-electron chi connectivity index (χ1n) is 12.7. The summed E-state index contributed by atoms with van der Waals surface area (Å²) in [5, 5.41) is 3.23. The quantitative estimate of drug-likeness (QED) is 0.443. The van der Waals surface area contributed by atoms with E-state index in [0.717, 1.165) is 36.8 Å². The first-order chi connectivity index (χ1) is 18.1. The minimum Gasteiger partial charge on any atom is -0.493 e. The van der Waals surface area contributed by atoms with E-state index in [1.165, 1.54) is 25.0 Å². The van der Waals surface area contributed by atoms with Crippen molar-refractivity contribution in [1.29, 1.82) is 0 Å². The summed E-state index contributed by atoms with van der Waals surface area (Å²) in [6.45, 7) is 0.294. The average molecular weight is 503 g/mol. The average Bonchev–Trinajstić information content (AvgIpc) is 2.96. The molecule has 0 bridgehead atoms. The molecule has 37 heavy (non-hydrogen) atoms. The molecule has 194 valence electrons. The number of hydrogen-bond acceptors (Lipinski definition) is 6. The fourth-order valence-electron chi connectivity index (χ4n) is 4.83. The SMILES string of the molecule is COc1ccc(CCN(C(=O)c2cnccn2)[C@@H](C(=O)NC2CCCCC2)c2ccccc2)cc1OC. The van der Waals surface area contributed by atoms with Gasteiger partial charge in [0, 0.05) is 25.0 Å². The summed E-state index contributed by atoms with van der Waals surface area (Å²) in [4.78, 5) is 37.5. The number of ether oxygens (including phenoxy) is 2. The highest BCUT2D eigenvalue weighted by molar-refractivity contribution is 5.96. The molecule has 0 aliphatic heterocycles. The van der Waals surface area contributed by atoms with Gasteiger partial charge in [-0.3, -0.25) is 14.6 Å². The van der Waals surface area contributed by atoms with Crippen molar-refractivity contribution in [2.45, 2.75) is 50.6 Å². The van der Waals surface area contributed by atoms with Gasteiger partial charge in [0.2, 0.25) is 5.91 Å². The number of nitrogens with zero attached hydrogens (tertiary/aromatic N) is 3. The van der Waals surface area contributed by atoms with Gasteiger partial charge in [-0.25, -0.2) is 4.98 Å². The van der Waals surface area contributed by atoms with E-state index in [2.05, 4.69) is 15.3 Å². The Kier molecular flexibility index (Phi) is 9.08. The summed E-state index contributed by atoms with van der Waals surface area (Å²) in [5.74, 6) is 0.720. The highest BCUT2D eigenvalue weighted by Crippen LogP contribution is 2.29. The summed E-state index contributed by atoms with van der Waals surface area (Å²) in [7, 11) is 3.18. The number of carbonyl (C=O) groups excluding carboxylic acids is 2. The fourth-order valence-corrected chi connectivity index (χ4v) is 4.83. The topological polar surface area (TPSA) is 93.7 Å². The number of benzene rings is 2. The molecular weight excluding hydrogens is 468 g/mol. The Hall–Kier alpha value is -3.94. The molecule has 1 aliphatic rings. The number of hydrogen-bond donors (Lipinski definition) is 1. The molecule has 3 aromatic rings. The number of carbonyl (C=O) groups is 2. The molecule has 0 saturated heterocycles. The smallest absolute Gasteiger partial charge is 0.275 e. The molecule has 1 saturated carbocycles. The number of aromatic nitrogens is 2. The van der Waals surface area contributed by atoms with Crippen LogP contribution in [0.4, 0.5) is 0 Å². The molecule has 1 aromatic heterocycles. The van der Waals surface area contributed by atoms with Gasteiger partial charge < -0.3 is 19.7 Å². The highest BCUT2D eigenvalue weighted by atomic mass is 16.5. The minimum atomic E-state index is -0.808. The summed E-state index contributed by atoms with van der Waals surface area (Å²) in [6, 6.07) is 14.4. The minimum absolute atomic E-state index is 0.117. The van der Waals surface area contributed by atoms with E-state index >= 15 is 0 Å². The first-order valence-corrected chi connectivity index (χ1v) is 12.7. The van der Waals surface area contributed by atoms with Crippen molar-refractivity contribution < 1.29 is 19.1 Å². The third-order valence-electron chi connectivity index (χ3n) is 6.76. The molecule has 8 nitrogen and oxygen atoms in total. The third kappa shape index (κ3) is 6.64. The Morgan fingerprint density at radius 3 is 2.43 bits per heavy atom. The van der Waals surface area contributed by atoms with Crippen molar-refractivity contribution in [3.05, 3.63) is 83.9 Å². The summed E-state index contributed by atoms with van der Waals surface area (Å²) in [5.41, 5.74) is 1.90. The Morgan fingerprint density at radius 1 is 1.00 bits per heavy atom. The molecule has 1 N–H and O–H groups in total. The van der Waals surface area contributed by atoms with Crippen molar-refractivity contribution in [3.8, 4) is 11.5 Å². The number of methoxy groups -OCH3 is 2. The number of nitrogens with one attached hydrogen (secondary N) is 1. The van der Waals surface area contributed by atoms with E-state index in [9.17, 15) is 9.59 Å². The van der Waals surface area contributed by atoms with Gasteiger partial charge in [0.05, 0.1) is 20.4 Å². The molecule has 1 fully saturated rings. The zero-order valence-corrected chi connectivity index (χ0v) is 21.4. The van der Waals surface area contributed by atoms with Gasteiger partial charge in [0.25, 0.3) is 5.91 Å². The van der Waals surface area contributed by atoms with Crippen LogP contribution in [0.25, 0.3) is 0 Å². The van der Waals surface area contributed by atoms with Gasteiger partial charge in [-0.2, -0.15) is 0 Å². The second kappa shape index (κ2) is 12.9. The summed E-state index contributed by atoms with van der Waals surface area (Å²) >= 11 is 0. The molecule has 1 atom stereocenters. The van der Waals surface area contributed by atoms with Crippen LogP contribution in [-0.4, -0.2) is 53.5 Å². The van der Waals surface area contributed by atoms with Gasteiger partial charge in [-0.15, -0.1) is 0 Å². The van der Waals surface area contributed by atoms with Gasteiger partial charge >= 0.3 is 0 Å². The van der Waals surface area contributed by atoms with Crippen molar-refractivity contribution in [1.82, 2.24) is 20.2 Å². The maximum absolute atomic E-state index is 13.8. The molecule has 1 aliphatic carbocycles. The predicted octanol–water partition coefficient (Wildman–Crippen LogP) is 4.37.